The van der Waals surface area contributed by atoms with Crippen molar-refractivity contribution in [2.24, 2.45) is 17.1 Å². The molecule has 1 aliphatic rings. The van der Waals surface area contributed by atoms with Crippen molar-refractivity contribution in [1.29, 1.82) is 0 Å². The summed E-state index contributed by atoms with van der Waals surface area (Å²) >= 11 is 0. The predicted octanol–water partition coefficient (Wildman–Crippen LogP) is 0.854. The number of carbonyl (C=O) groups is 4. The van der Waals surface area contributed by atoms with Gasteiger partial charge in [-0.1, -0.05) is 6.42 Å². The van der Waals surface area contributed by atoms with Crippen LogP contribution in [0.2, 0.25) is 0 Å². The Morgan fingerprint density at radius 2 is 1.90 bits per heavy atom. The standard InChI is InChI=1S/C14H22N2O5/c1-9(17)14(5-3-6-14)11(18)8-10(12(19)20)4-2-7-16-13(15)21/h10H,2-8H2,1H3,(H,19,20)(H3,15,16,21)/t10-/m1/s1. The van der Waals surface area contributed by atoms with E-state index in [-0.39, 0.29) is 31.0 Å². The van der Waals surface area contributed by atoms with Gasteiger partial charge in [-0.2, -0.15) is 0 Å². The Kier molecular flexibility index (Phi) is 5.87. The van der Waals surface area contributed by atoms with E-state index in [0.717, 1.165) is 6.42 Å². The Labute approximate surface area is 123 Å². The number of Topliss-reactive ketones (excluding diaryl/α,β-unsaturated/α-hetero) is 2. The minimum atomic E-state index is -1.06. The first-order valence-corrected chi connectivity index (χ1v) is 7.10. The molecule has 7 nitrogen and oxygen atoms in total. The number of hydrogen-bond acceptors (Lipinski definition) is 4. The first kappa shape index (κ1) is 17.1. The zero-order chi connectivity index (χ0) is 16.0. The fourth-order valence-corrected chi connectivity index (χ4v) is 2.65. The van der Waals surface area contributed by atoms with Crippen LogP contribution in [-0.2, 0) is 14.4 Å². The van der Waals surface area contributed by atoms with Crippen molar-refractivity contribution >= 4 is 23.6 Å². The zero-order valence-electron chi connectivity index (χ0n) is 12.2. The van der Waals surface area contributed by atoms with Crippen LogP contribution in [0, 0.1) is 11.3 Å². The number of ketones is 2. The van der Waals surface area contributed by atoms with E-state index < -0.39 is 23.3 Å². The maximum Gasteiger partial charge on any atom is 0.312 e. The van der Waals surface area contributed by atoms with Crippen LogP contribution in [0.15, 0.2) is 0 Å². The number of urea groups is 1. The van der Waals surface area contributed by atoms with Crippen molar-refractivity contribution in [2.75, 3.05) is 6.54 Å². The Morgan fingerprint density at radius 3 is 2.29 bits per heavy atom. The first-order chi connectivity index (χ1) is 9.79. The van der Waals surface area contributed by atoms with Crippen molar-refractivity contribution in [3.63, 3.8) is 0 Å². The third kappa shape index (κ3) is 4.27. The predicted molar refractivity (Wildman–Crippen MR) is 74.5 cm³/mol. The van der Waals surface area contributed by atoms with E-state index in [1.165, 1.54) is 6.92 Å². The number of carbonyl (C=O) groups excluding carboxylic acids is 3. The van der Waals surface area contributed by atoms with Crippen LogP contribution in [-0.4, -0.2) is 35.2 Å². The molecule has 0 heterocycles. The van der Waals surface area contributed by atoms with Crippen LogP contribution in [0.25, 0.3) is 0 Å². The third-order valence-corrected chi connectivity index (χ3v) is 4.22. The fraction of sp³-hybridized carbons (Fsp3) is 0.714. The molecule has 1 aliphatic carbocycles. The third-order valence-electron chi connectivity index (χ3n) is 4.22. The highest BCUT2D eigenvalue weighted by Crippen LogP contribution is 2.44. The number of nitrogens with two attached hydrogens (primary N) is 1. The largest absolute Gasteiger partial charge is 0.481 e. The molecule has 0 spiro atoms. The van der Waals surface area contributed by atoms with Gasteiger partial charge in [-0.3, -0.25) is 14.4 Å². The number of carboxylic acids is 1. The van der Waals surface area contributed by atoms with Crippen molar-refractivity contribution in [3.05, 3.63) is 0 Å². The highest BCUT2D eigenvalue weighted by Gasteiger charge is 2.48. The lowest BCUT2D eigenvalue weighted by Crippen LogP contribution is -2.45. The SMILES string of the molecule is CC(=O)C1(C(=O)C[C@@H](CCCNC(N)=O)C(=O)O)CCC1. The molecule has 0 radical (unpaired) electrons. The summed E-state index contributed by atoms with van der Waals surface area (Å²) in [4.78, 5) is 45.6. The zero-order valence-corrected chi connectivity index (χ0v) is 12.2. The maximum absolute atomic E-state index is 12.3. The average Bonchev–Trinajstić information content (AvgIpc) is 2.30. The smallest absolute Gasteiger partial charge is 0.312 e. The molecule has 4 N–H and O–H groups in total. The number of aliphatic carboxylic acids is 1. The molecular weight excluding hydrogens is 276 g/mol. The van der Waals surface area contributed by atoms with Gasteiger partial charge in [-0.15, -0.1) is 0 Å². The van der Waals surface area contributed by atoms with Gasteiger partial charge in [0.1, 0.15) is 11.6 Å². The van der Waals surface area contributed by atoms with Crippen LogP contribution in [0.1, 0.15) is 45.4 Å². The minimum absolute atomic E-state index is 0.133. The number of carboxylic acid groups (broad SMARTS) is 1. The molecule has 7 heteroatoms. The van der Waals surface area contributed by atoms with Crippen LogP contribution >= 0.6 is 0 Å². The summed E-state index contributed by atoms with van der Waals surface area (Å²) in [5, 5.41) is 11.5. The summed E-state index contributed by atoms with van der Waals surface area (Å²) in [7, 11) is 0. The number of hydrogen-bond donors (Lipinski definition) is 3. The van der Waals surface area contributed by atoms with Crippen LogP contribution < -0.4 is 11.1 Å². The van der Waals surface area contributed by atoms with Gasteiger partial charge in [0.15, 0.2) is 0 Å². The van der Waals surface area contributed by atoms with E-state index in [2.05, 4.69) is 5.32 Å². The minimum Gasteiger partial charge on any atom is -0.481 e. The fourth-order valence-electron chi connectivity index (χ4n) is 2.65. The molecule has 21 heavy (non-hydrogen) atoms. The van der Waals surface area contributed by atoms with Crippen molar-refractivity contribution in [3.8, 4) is 0 Å². The second kappa shape index (κ2) is 7.19. The molecule has 0 aromatic carbocycles. The van der Waals surface area contributed by atoms with E-state index in [4.69, 9.17) is 5.73 Å². The van der Waals surface area contributed by atoms with Crippen LogP contribution in [0.5, 0.6) is 0 Å². The van der Waals surface area contributed by atoms with Crippen molar-refractivity contribution < 1.29 is 24.3 Å². The Morgan fingerprint density at radius 1 is 1.29 bits per heavy atom. The highest BCUT2D eigenvalue weighted by atomic mass is 16.4. The molecule has 1 atom stereocenters. The lowest BCUT2D eigenvalue weighted by atomic mass is 9.62. The Bertz CT molecular complexity index is 443. The molecule has 0 bridgehead atoms. The van der Waals surface area contributed by atoms with Gasteiger partial charge in [0, 0.05) is 13.0 Å². The summed E-state index contributed by atoms with van der Waals surface area (Å²) in [6, 6.07) is -0.664. The number of nitrogens with one attached hydrogen (secondary N) is 1. The van der Waals surface area contributed by atoms with Gasteiger partial charge < -0.3 is 16.2 Å². The summed E-state index contributed by atoms with van der Waals surface area (Å²) in [6.07, 6.45) is 2.42. The lowest BCUT2D eigenvalue weighted by Gasteiger charge is -2.38. The van der Waals surface area contributed by atoms with Gasteiger partial charge in [0.25, 0.3) is 0 Å². The maximum atomic E-state index is 12.3. The molecule has 0 saturated heterocycles. The van der Waals surface area contributed by atoms with E-state index in [1.807, 2.05) is 0 Å². The number of primary amides is 1. The van der Waals surface area contributed by atoms with Gasteiger partial charge in [-0.25, -0.2) is 4.79 Å². The molecule has 0 aliphatic heterocycles. The average molecular weight is 298 g/mol. The van der Waals surface area contributed by atoms with Gasteiger partial charge in [-0.05, 0) is 32.6 Å². The highest BCUT2D eigenvalue weighted by molar-refractivity contribution is 6.07. The normalized spacial score (nSPS) is 17.4. The molecular formula is C14H22N2O5. The number of amides is 2. The second-order valence-electron chi connectivity index (χ2n) is 5.59. The van der Waals surface area contributed by atoms with Gasteiger partial charge in [0.2, 0.25) is 0 Å². The summed E-state index contributed by atoms with van der Waals surface area (Å²) in [6.45, 7) is 1.66. The molecule has 0 unspecified atom stereocenters. The molecule has 118 valence electrons. The van der Waals surface area contributed by atoms with E-state index >= 15 is 0 Å². The van der Waals surface area contributed by atoms with Gasteiger partial charge >= 0.3 is 12.0 Å². The summed E-state index contributed by atoms with van der Waals surface area (Å²) < 4.78 is 0. The Balaban J connectivity index is 2.54. The Hall–Kier alpha value is -1.92. The lowest BCUT2D eigenvalue weighted by molar-refractivity contribution is -0.151. The quantitative estimate of drug-likeness (QED) is 0.429. The molecule has 2 amide bonds. The molecule has 1 saturated carbocycles. The first-order valence-electron chi connectivity index (χ1n) is 7.10. The van der Waals surface area contributed by atoms with E-state index in [9.17, 15) is 24.3 Å². The monoisotopic (exact) mass is 298 g/mol. The molecule has 0 aromatic heterocycles. The summed E-state index contributed by atoms with van der Waals surface area (Å²) in [5.41, 5.74) is 3.96. The molecule has 0 aromatic rings. The van der Waals surface area contributed by atoms with E-state index in [1.54, 1.807) is 0 Å². The second-order valence-corrected chi connectivity index (χ2v) is 5.59. The number of rotatable bonds is 9. The van der Waals surface area contributed by atoms with Crippen molar-refractivity contribution in [1.82, 2.24) is 5.32 Å². The van der Waals surface area contributed by atoms with E-state index in [0.29, 0.717) is 19.3 Å². The molecule has 1 rings (SSSR count). The summed E-state index contributed by atoms with van der Waals surface area (Å²) in [5.74, 6) is -2.32. The van der Waals surface area contributed by atoms with Crippen molar-refractivity contribution in [2.45, 2.75) is 45.4 Å². The van der Waals surface area contributed by atoms with Crippen LogP contribution in [0.3, 0.4) is 0 Å². The van der Waals surface area contributed by atoms with Gasteiger partial charge in [0.05, 0.1) is 11.3 Å². The topological polar surface area (TPSA) is 127 Å². The van der Waals surface area contributed by atoms with Crippen LogP contribution in [0.4, 0.5) is 4.79 Å². The molecule has 1 fully saturated rings.